The molecule has 1 aromatic rings. The Kier molecular flexibility index (Phi) is 11.1. The van der Waals surface area contributed by atoms with Gasteiger partial charge in [-0.25, -0.2) is 0 Å². The fraction of sp³-hybridized carbons (Fsp3) is 0.739. The normalized spacial score (nSPS) is 11.0. The largest absolute Gasteiger partial charge is 0.466 e. The van der Waals surface area contributed by atoms with Crippen molar-refractivity contribution in [3.8, 4) is 0 Å². The van der Waals surface area contributed by atoms with Crippen LogP contribution in [0.4, 0.5) is 0 Å². The molecule has 0 aromatic carbocycles. The summed E-state index contributed by atoms with van der Waals surface area (Å²) in [7, 11) is 1.92. The molecule has 0 saturated carbocycles. The number of carbonyl (C=O) groups excluding carboxylic acids is 2. The molecular formula is C23H39NO3. The third kappa shape index (κ3) is 7.51. The van der Waals surface area contributed by atoms with Crippen molar-refractivity contribution in [3.63, 3.8) is 0 Å². The first-order valence-electron chi connectivity index (χ1n) is 10.8. The van der Waals surface area contributed by atoms with Crippen molar-refractivity contribution in [1.29, 1.82) is 0 Å². The van der Waals surface area contributed by atoms with Crippen LogP contribution in [-0.4, -0.2) is 22.9 Å². The van der Waals surface area contributed by atoms with Gasteiger partial charge >= 0.3 is 5.97 Å². The van der Waals surface area contributed by atoms with Gasteiger partial charge in [0.2, 0.25) is 0 Å². The van der Waals surface area contributed by atoms with E-state index >= 15 is 0 Å². The van der Waals surface area contributed by atoms with Gasteiger partial charge in [0.15, 0.2) is 5.78 Å². The highest BCUT2D eigenvalue weighted by Crippen LogP contribution is 2.24. The molecule has 0 aliphatic rings. The molecule has 0 amide bonds. The highest BCUT2D eigenvalue weighted by Gasteiger charge is 2.22. The Hall–Kier alpha value is -1.58. The molecule has 0 radical (unpaired) electrons. The molecule has 1 aromatic heterocycles. The molecule has 0 fully saturated rings. The standard InChI is InChI=1S/C23H39NO3/c1-6-8-9-10-11-12-13-14-15-16-21(25)23-18(3)20(24(5)19(23)4)17-22(26)27-7-2/h6-17H2,1-5H3. The maximum Gasteiger partial charge on any atom is 0.311 e. The number of ether oxygens (including phenoxy) is 1. The third-order valence-electron chi connectivity index (χ3n) is 5.48. The van der Waals surface area contributed by atoms with Gasteiger partial charge in [0.1, 0.15) is 0 Å². The zero-order valence-electron chi connectivity index (χ0n) is 18.2. The highest BCUT2D eigenvalue weighted by molar-refractivity contribution is 5.99. The second-order valence-corrected chi connectivity index (χ2v) is 7.57. The molecule has 4 nitrogen and oxygen atoms in total. The van der Waals surface area contributed by atoms with E-state index in [0.717, 1.165) is 35.4 Å². The highest BCUT2D eigenvalue weighted by atomic mass is 16.5. The molecule has 1 heterocycles. The van der Waals surface area contributed by atoms with E-state index in [-0.39, 0.29) is 18.2 Å². The Morgan fingerprint density at radius 1 is 0.889 bits per heavy atom. The van der Waals surface area contributed by atoms with E-state index in [9.17, 15) is 9.59 Å². The van der Waals surface area contributed by atoms with Gasteiger partial charge in [0, 0.05) is 30.4 Å². The number of esters is 1. The van der Waals surface area contributed by atoms with Crippen LogP contribution in [0.5, 0.6) is 0 Å². The number of Topliss-reactive ketones (excluding diaryl/α,β-unsaturated/α-hetero) is 1. The molecule has 0 aliphatic heterocycles. The topological polar surface area (TPSA) is 48.3 Å². The van der Waals surface area contributed by atoms with E-state index in [1.807, 2.05) is 25.5 Å². The van der Waals surface area contributed by atoms with Crippen LogP contribution in [-0.2, 0) is 23.0 Å². The Morgan fingerprint density at radius 2 is 1.44 bits per heavy atom. The maximum atomic E-state index is 12.7. The van der Waals surface area contributed by atoms with Crippen molar-refractivity contribution in [2.24, 2.45) is 7.05 Å². The summed E-state index contributed by atoms with van der Waals surface area (Å²) in [5.74, 6) is -0.0298. The minimum absolute atomic E-state index is 0.207. The molecule has 154 valence electrons. The Labute approximate surface area is 165 Å². The fourth-order valence-corrected chi connectivity index (χ4v) is 3.77. The third-order valence-corrected chi connectivity index (χ3v) is 5.48. The van der Waals surface area contributed by atoms with Crippen LogP contribution in [0.2, 0.25) is 0 Å². The summed E-state index contributed by atoms with van der Waals surface area (Å²) < 4.78 is 7.03. The lowest BCUT2D eigenvalue weighted by molar-refractivity contribution is -0.142. The Morgan fingerprint density at radius 3 is 2.00 bits per heavy atom. The molecular weight excluding hydrogens is 338 g/mol. The maximum absolute atomic E-state index is 12.7. The van der Waals surface area contributed by atoms with E-state index in [1.165, 1.54) is 44.9 Å². The van der Waals surface area contributed by atoms with Crippen LogP contribution in [0, 0.1) is 13.8 Å². The molecule has 4 heteroatoms. The predicted molar refractivity (Wildman–Crippen MR) is 111 cm³/mol. The van der Waals surface area contributed by atoms with E-state index in [4.69, 9.17) is 4.74 Å². The van der Waals surface area contributed by atoms with Crippen LogP contribution in [0.1, 0.15) is 105 Å². The summed E-state index contributed by atoms with van der Waals surface area (Å²) >= 11 is 0. The van der Waals surface area contributed by atoms with E-state index in [2.05, 4.69) is 6.92 Å². The first kappa shape index (κ1) is 23.5. The summed E-state index contributed by atoms with van der Waals surface area (Å²) in [6, 6.07) is 0. The van der Waals surface area contributed by atoms with Gasteiger partial charge in [-0.3, -0.25) is 9.59 Å². The lowest BCUT2D eigenvalue weighted by atomic mass is 9.99. The minimum atomic E-state index is -0.237. The van der Waals surface area contributed by atoms with Crippen LogP contribution in [0.25, 0.3) is 0 Å². The number of aromatic nitrogens is 1. The minimum Gasteiger partial charge on any atom is -0.466 e. The molecule has 27 heavy (non-hydrogen) atoms. The van der Waals surface area contributed by atoms with E-state index in [0.29, 0.717) is 13.0 Å². The van der Waals surface area contributed by atoms with Crippen molar-refractivity contribution < 1.29 is 14.3 Å². The molecule has 0 saturated heterocycles. The lowest BCUT2D eigenvalue weighted by Crippen LogP contribution is -2.11. The second-order valence-electron chi connectivity index (χ2n) is 7.57. The Balaban J connectivity index is 2.47. The molecule has 1 rings (SSSR count). The lowest BCUT2D eigenvalue weighted by Gasteiger charge is -2.05. The molecule has 0 atom stereocenters. The van der Waals surface area contributed by atoms with Crippen LogP contribution in [0.15, 0.2) is 0 Å². The van der Waals surface area contributed by atoms with Crippen molar-refractivity contribution in [2.45, 2.75) is 98.3 Å². The smallest absolute Gasteiger partial charge is 0.311 e. The summed E-state index contributed by atoms with van der Waals surface area (Å²) in [4.78, 5) is 24.6. The van der Waals surface area contributed by atoms with Crippen molar-refractivity contribution in [3.05, 3.63) is 22.5 Å². The molecule has 0 spiro atoms. The van der Waals surface area contributed by atoms with E-state index < -0.39 is 0 Å². The summed E-state index contributed by atoms with van der Waals surface area (Å²) in [6.07, 6.45) is 12.1. The second kappa shape index (κ2) is 12.7. The summed E-state index contributed by atoms with van der Waals surface area (Å²) in [5, 5.41) is 0. The van der Waals surface area contributed by atoms with Gasteiger partial charge in [-0.05, 0) is 32.8 Å². The first-order chi connectivity index (χ1) is 12.9. The monoisotopic (exact) mass is 377 g/mol. The van der Waals surface area contributed by atoms with Crippen LogP contribution >= 0.6 is 0 Å². The number of nitrogens with zero attached hydrogens (tertiary/aromatic N) is 1. The predicted octanol–water partition coefficient (Wildman–Crippen LogP) is 5.85. The van der Waals surface area contributed by atoms with Gasteiger partial charge in [-0.1, -0.05) is 58.3 Å². The molecule has 0 aliphatic carbocycles. The van der Waals surface area contributed by atoms with E-state index in [1.54, 1.807) is 6.92 Å². The number of rotatable bonds is 14. The average Bonchev–Trinajstić information content (AvgIpc) is 2.84. The average molecular weight is 378 g/mol. The SMILES string of the molecule is CCCCCCCCCCCC(=O)c1c(C)c(CC(=O)OCC)n(C)c1C. The van der Waals surface area contributed by atoms with Crippen molar-refractivity contribution >= 4 is 11.8 Å². The van der Waals surface area contributed by atoms with Gasteiger partial charge in [-0.2, -0.15) is 0 Å². The molecule has 0 N–H and O–H groups in total. The number of hydrogen-bond donors (Lipinski definition) is 0. The zero-order chi connectivity index (χ0) is 20.2. The number of ketones is 1. The number of carbonyl (C=O) groups is 2. The van der Waals surface area contributed by atoms with Gasteiger partial charge in [-0.15, -0.1) is 0 Å². The van der Waals surface area contributed by atoms with Crippen molar-refractivity contribution in [2.75, 3.05) is 6.61 Å². The summed E-state index contributed by atoms with van der Waals surface area (Å²) in [5.41, 5.74) is 3.58. The van der Waals surface area contributed by atoms with Crippen molar-refractivity contribution in [1.82, 2.24) is 4.57 Å². The number of hydrogen-bond acceptors (Lipinski definition) is 3. The zero-order valence-corrected chi connectivity index (χ0v) is 18.2. The van der Waals surface area contributed by atoms with Gasteiger partial charge < -0.3 is 9.30 Å². The fourth-order valence-electron chi connectivity index (χ4n) is 3.77. The molecule has 0 unspecified atom stereocenters. The quantitative estimate of drug-likeness (QED) is 0.232. The Bertz CT molecular complexity index is 601. The van der Waals surface area contributed by atoms with Gasteiger partial charge in [0.25, 0.3) is 0 Å². The van der Waals surface area contributed by atoms with Crippen LogP contribution < -0.4 is 0 Å². The van der Waals surface area contributed by atoms with Gasteiger partial charge in [0.05, 0.1) is 13.0 Å². The first-order valence-corrected chi connectivity index (χ1v) is 10.8. The van der Waals surface area contributed by atoms with Crippen LogP contribution in [0.3, 0.4) is 0 Å². The molecule has 0 bridgehead atoms. The number of unbranched alkanes of at least 4 members (excludes halogenated alkanes) is 8. The summed E-state index contributed by atoms with van der Waals surface area (Å²) in [6.45, 7) is 8.34.